The number of halogens is 1. The largest absolute Gasteiger partial charge is 0.377 e. The highest BCUT2D eigenvalue weighted by Crippen LogP contribution is 2.12. The van der Waals surface area contributed by atoms with Gasteiger partial charge in [0.25, 0.3) is 0 Å². The highest BCUT2D eigenvalue weighted by atomic mass is 35.5. The average molecular weight is 145 g/mol. The lowest BCUT2D eigenvalue weighted by Crippen LogP contribution is -2.04. The Labute approximate surface area is 70.9 Å². The van der Waals surface area contributed by atoms with E-state index in [2.05, 4.69) is 0 Å². The Morgan fingerprint density at radius 3 is 2.62 bits per heavy atom. The maximum absolute atomic E-state index is 5.48. The number of alkyl halides is 1. The average Bonchev–Trinajstić information content (AvgIpc) is 2.14. The normalized spacial score (nSPS) is 27.4. The van der Waals surface area contributed by atoms with Gasteiger partial charge in [-0.1, -0.05) is 0 Å². The van der Waals surface area contributed by atoms with Crippen molar-refractivity contribution in [3.8, 4) is 0 Å². The van der Waals surface area contributed by atoms with Crippen LogP contribution in [0.2, 0.25) is 0 Å². The summed E-state index contributed by atoms with van der Waals surface area (Å²) < 4.78 is 5.17. The molecule has 1 saturated heterocycles. The Morgan fingerprint density at radius 1 is 1.62 bits per heavy atom. The molecule has 8 heavy (non-hydrogen) atoms. The Bertz CT molecular complexity index is 54.4. The number of hydrogen-bond donors (Lipinski definition) is 0. The van der Waals surface area contributed by atoms with Gasteiger partial charge in [-0.2, -0.15) is 0 Å². The van der Waals surface area contributed by atoms with Crippen LogP contribution in [0.15, 0.2) is 0 Å². The molecule has 2 radical (unpaired) electrons. The van der Waals surface area contributed by atoms with Crippen LogP contribution in [0.3, 0.4) is 0 Å². The van der Waals surface area contributed by atoms with E-state index in [-0.39, 0.29) is 23.1 Å². The third-order valence-electron chi connectivity index (χ3n) is 1.20. The molecule has 1 aliphatic heterocycles. The molecule has 3 heteroatoms. The first-order chi connectivity index (χ1) is 3.43. The summed E-state index contributed by atoms with van der Waals surface area (Å²) in [4.78, 5) is 0. The molecule has 1 fully saturated rings. The molecule has 0 saturated carbocycles. The van der Waals surface area contributed by atoms with Crippen LogP contribution < -0.4 is 0 Å². The fraction of sp³-hybridized carbons (Fsp3) is 1.00. The van der Waals surface area contributed by atoms with Crippen LogP contribution in [0, 0.1) is 0 Å². The van der Waals surface area contributed by atoms with Gasteiger partial charge in [0, 0.05) is 35.5 Å². The smallest absolute Gasteiger partial charge is 0.0711 e. The molecular formula is C5H9ClMgO. The van der Waals surface area contributed by atoms with Crippen molar-refractivity contribution in [3.63, 3.8) is 0 Å². The third kappa shape index (κ3) is 2.53. The van der Waals surface area contributed by atoms with Crippen LogP contribution in [0.25, 0.3) is 0 Å². The second-order valence-electron chi connectivity index (χ2n) is 1.79. The van der Waals surface area contributed by atoms with Gasteiger partial charge in [-0.25, -0.2) is 0 Å². The molecule has 0 aliphatic carbocycles. The molecule has 1 rings (SSSR count). The van der Waals surface area contributed by atoms with Crippen molar-refractivity contribution in [3.05, 3.63) is 0 Å². The van der Waals surface area contributed by atoms with Gasteiger partial charge in [-0.3, -0.25) is 0 Å². The first-order valence-corrected chi connectivity index (χ1v) is 3.14. The summed E-state index contributed by atoms with van der Waals surface area (Å²) in [5.41, 5.74) is 0. The first-order valence-electron chi connectivity index (χ1n) is 2.61. The summed E-state index contributed by atoms with van der Waals surface area (Å²) in [6.45, 7) is 0.914. The lowest BCUT2D eigenvalue weighted by atomic mass is 10.3. The van der Waals surface area contributed by atoms with Crippen molar-refractivity contribution in [2.24, 2.45) is 0 Å². The molecule has 0 spiro atoms. The van der Waals surface area contributed by atoms with Gasteiger partial charge in [0.15, 0.2) is 0 Å². The zero-order chi connectivity index (χ0) is 5.11. The number of hydrogen-bond acceptors (Lipinski definition) is 1. The number of ether oxygens (including phenoxy) is 1. The summed E-state index contributed by atoms with van der Waals surface area (Å²) >= 11 is 5.48. The predicted molar refractivity (Wildman–Crippen MR) is 35.4 cm³/mol. The van der Waals surface area contributed by atoms with E-state index in [1.165, 1.54) is 6.42 Å². The second-order valence-corrected chi connectivity index (χ2v) is 2.10. The van der Waals surface area contributed by atoms with Gasteiger partial charge in [-0.15, -0.1) is 11.6 Å². The zero-order valence-corrected chi connectivity index (χ0v) is 7.07. The van der Waals surface area contributed by atoms with Crippen molar-refractivity contribution >= 4 is 34.7 Å². The summed E-state index contributed by atoms with van der Waals surface area (Å²) in [6, 6.07) is 0. The summed E-state index contributed by atoms with van der Waals surface area (Å²) in [7, 11) is 0. The molecule has 0 N–H and O–H groups in total. The van der Waals surface area contributed by atoms with Gasteiger partial charge in [0.05, 0.1) is 6.10 Å². The van der Waals surface area contributed by atoms with Crippen LogP contribution in [0.5, 0.6) is 0 Å². The summed E-state index contributed by atoms with van der Waals surface area (Å²) in [6.07, 6.45) is 2.71. The third-order valence-corrected chi connectivity index (χ3v) is 1.54. The molecule has 0 aromatic rings. The van der Waals surface area contributed by atoms with Gasteiger partial charge in [-0.05, 0) is 12.8 Å². The minimum atomic E-state index is 0. The lowest BCUT2D eigenvalue weighted by Gasteiger charge is -1.99. The molecule has 1 atom stereocenters. The molecule has 0 bridgehead atoms. The molecule has 0 amide bonds. The highest BCUT2D eigenvalue weighted by molar-refractivity contribution is 6.18. The topological polar surface area (TPSA) is 9.23 Å². The van der Waals surface area contributed by atoms with Crippen molar-refractivity contribution in [2.75, 3.05) is 12.5 Å². The second kappa shape index (κ2) is 4.85. The Morgan fingerprint density at radius 2 is 2.38 bits per heavy atom. The molecular weight excluding hydrogens is 136 g/mol. The van der Waals surface area contributed by atoms with E-state index in [1.807, 2.05) is 0 Å². The maximum atomic E-state index is 5.48. The van der Waals surface area contributed by atoms with Crippen LogP contribution in [-0.4, -0.2) is 41.6 Å². The molecule has 0 aromatic carbocycles. The van der Waals surface area contributed by atoms with Crippen molar-refractivity contribution < 1.29 is 4.74 Å². The monoisotopic (exact) mass is 144 g/mol. The van der Waals surface area contributed by atoms with Crippen molar-refractivity contribution in [1.82, 2.24) is 0 Å². The van der Waals surface area contributed by atoms with E-state index in [9.17, 15) is 0 Å². The van der Waals surface area contributed by atoms with E-state index >= 15 is 0 Å². The Kier molecular flexibility index (Phi) is 5.47. The number of rotatable bonds is 1. The van der Waals surface area contributed by atoms with E-state index in [4.69, 9.17) is 16.3 Å². The van der Waals surface area contributed by atoms with Crippen molar-refractivity contribution in [1.29, 1.82) is 0 Å². The van der Waals surface area contributed by atoms with E-state index in [0.717, 1.165) is 13.0 Å². The van der Waals surface area contributed by atoms with E-state index in [0.29, 0.717) is 12.0 Å². The fourth-order valence-corrected chi connectivity index (χ4v) is 1.01. The maximum Gasteiger partial charge on any atom is 0.0711 e. The minimum Gasteiger partial charge on any atom is -0.377 e. The zero-order valence-electron chi connectivity index (χ0n) is 4.90. The Balaban J connectivity index is 0.000000490. The molecule has 0 aromatic heterocycles. The van der Waals surface area contributed by atoms with E-state index in [1.54, 1.807) is 0 Å². The highest BCUT2D eigenvalue weighted by Gasteiger charge is 2.12. The molecule has 1 unspecified atom stereocenters. The van der Waals surface area contributed by atoms with Crippen LogP contribution >= 0.6 is 11.6 Å². The summed E-state index contributed by atoms with van der Waals surface area (Å²) in [5.74, 6) is 0.667. The fourth-order valence-electron chi connectivity index (χ4n) is 0.766. The molecule has 1 aliphatic rings. The lowest BCUT2D eigenvalue weighted by molar-refractivity contribution is 0.128. The van der Waals surface area contributed by atoms with E-state index < -0.39 is 0 Å². The van der Waals surface area contributed by atoms with Crippen LogP contribution in [0.4, 0.5) is 0 Å². The van der Waals surface area contributed by atoms with Gasteiger partial charge >= 0.3 is 0 Å². The Hall–Kier alpha value is 1.02. The van der Waals surface area contributed by atoms with Crippen molar-refractivity contribution in [2.45, 2.75) is 18.9 Å². The molecule has 1 nitrogen and oxygen atoms in total. The van der Waals surface area contributed by atoms with Crippen LogP contribution in [-0.2, 0) is 4.74 Å². The van der Waals surface area contributed by atoms with Crippen LogP contribution in [0.1, 0.15) is 12.8 Å². The standard InChI is InChI=1S/C5H9ClO.Mg/c6-4-5-2-1-3-7-5;/h5H,1-4H2;. The quantitative estimate of drug-likeness (QED) is 0.395. The van der Waals surface area contributed by atoms with Gasteiger partial charge in [0.1, 0.15) is 0 Å². The SMILES string of the molecule is ClCC1CCCO1.[Mg]. The minimum absolute atomic E-state index is 0. The molecule has 44 valence electrons. The van der Waals surface area contributed by atoms with Gasteiger partial charge in [0.2, 0.25) is 0 Å². The first kappa shape index (κ1) is 9.02. The van der Waals surface area contributed by atoms with Gasteiger partial charge < -0.3 is 4.74 Å². The molecule has 1 heterocycles. The predicted octanol–water partition coefficient (Wildman–Crippen LogP) is 1.02. The summed E-state index contributed by atoms with van der Waals surface area (Å²) in [5, 5.41) is 0.